The van der Waals surface area contributed by atoms with Crippen LogP contribution < -0.4 is 0 Å². The Hall–Kier alpha value is -2.29. The number of H-pyrrole nitrogens is 1. The molecule has 4 aromatic rings. The Kier molecular flexibility index (Phi) is 4.99. The molecule has 1 aliphatic carbocycles. The highest BCUT2D eigenvalue weighted by Gasteiger charge is 2.50. The van der Waals surface area contributed by atoms with Gasteiger partial charge in [0.25, 0.3) is 0 Å². The molecule has 6 nitrogen and oxygen atoms in total. The van der Waals surface area contributed by atoms with Gasteiger partial charge in [-0.1, -0.05) is 13.8 Å². The molecule has 0 aromatic carbocycles. The monoisotopic (exact) mass is 507 g/mol. The Morgan fingerprint density at radius 3 is 2.67 bits per heavy atom. The summed E-state index contributed by atoms with van der Waals surface area (Å²) in [6.45, 7) is 13.3. The van der Waals surface area contributed by atoms with Crippen LogP contribution in [-0.4, -0.2) is 62.5 Å². The molecule has 0 amide bonds. The van der Waals surface area contributed by atoms with E-state index in [1.807, 2.05) is 15.9 Å². The number of fused-ring (bicyclic) bond motifs is 4. The second-order valence-electron chi connectivity index (χ2n) is 11.7. The van der Waals surface area contributed by atoms with Crippen molar-refractivity contribution in [3.05, 3.63) is 39.7 Å². The summed E-state index contributed by atoms with van der Waals surface area (Å²) in [4.78, 5) is 13.5. The highest BCUT2D eigenvalue weighted by molar-refractivity contribution is 7.19. The number of rotatable bonds is 5. The molecule has 1 saturated carbocycles. The summed E-state index contributed by atoms with van der Waals surface area (Å²) in [6.07, 6.45) is 6.10. The number of nitrogens with zero attached hydrogens (tertiary/aromatic N) is 4. The third kappa shape index (κ3) is 3.20. The molecule has 190 valence electrons. The van der Waals surface area contributed by atoms with E-state index in [1.165, 1.54) is 50.1 Å². The van der Waals surface area contributed by atoms with Crippen LogP contribution in [0.2, 0.25) is 0 Å². The number of hydrogen-bond donors (Lipinski definition) is 1. The van der Waals surface area contributed by atoms with Crippen LogP contribution in [0.3, 0.4) is 0 Å². The molecule has 2 aliphatic heterocycles. The van der Waals surface area contributed by atoms with E-state index in [9.17, 15) is 4.39 Å². The van der Waals surface area contributed by atoms with Gasteiger partial charge in [-0.25, -0.2) is 13.9 Å². The van der Waals surface area contributed by atoms with Crippen LogP contribution in [0, 0.1) is 26.7 Å². The van der Waals surface area contributed by atoms with E-state index in [-0.39, 0.29) is 13.2 Å². The normalized spacial score (nSPS) is 25.6. The molecule has 1 N–H and O–H groups in total. The number of nitrogens with one attached hydrogen (secondary N) is 1. The number of thiophene rings is 1. The van der Waals surface area contributed by atoms with Gasteiger partial charge in [0, 0.05) is 41.2 Å². The average molecular weight is 508 g/mol. The minimum absolute atomic E-state index is 0.266. The topological polar surface area (TPSA) is 58.5 Å². The molecule has 36 heavy (non-hydrogen) atoms. The van der Waals surface area contributed by atoms with Gasteiger partial charge in [0.15, 0.2) is 11.3 Å². The van der Waals surface area contributed by atoms with Crippen molar-refractivity contribution >= 4 is 27.2 Å². The number of likely N-dealkylation sites (tertiary alicyclic amines) is 1. The predicted octanol–water partition coefficient (Wildman–Crippen LogP) is 5.90. The molecular formula is C28H34FN5OS. The number of aryl methyl sites for hydroxylation is 2. The molecule has 3 fully saturated rings. The van der Waals surface area contributed by atoms with Crippen molar-refractivity contribution < 1.29 is 9.13 Å². The van der Waals surface area contributed by atoms with Crippen molar-refractivity contribution in [3.63, 3.8) is 0 Å². The average Bonchev–Trinajstić information content (AvgIpc) is 3.62. The summed E-state index contributed by atoms with van der Waals surface area (Å²) in [5.41, 5.74) is 7.48. The van der Waals surface area contributed by atoms with Crippen LogP contribution in [0.15, 0.2) is 12.5 Å². The van der Waals surface area contributed by atoms with E-state index in [1.54, 1.807) is 11.2 Å². The van der Waals surface area contributed by atoms with Gasteiger partial charge in [-0.3, -0.25) is 4.90 Å². The molecule has 2 bridgehead atoms. The Bertz CT molecular complexity index is 1490. The Balaban J connectivity index is 1.25. The fourth-order valence-corrected chi connectivity index (χ4v) is 8.62. The number of piperidine rings is 1. The zero-order valence-electron chi connectivity index (χ0n) is 21.7. The summed E-state index contributed by atoms with van der Waals surface area (Å²) in [7, 11) is 0. The first-order valence-electron chi connectivity index (χ1n) is 13.2. The molecule has 6 heterocycles. The van der Waals surface area contributed by atoms with Crippen LogP contribution in [0.1, 0.15) is 65.7 Å². The molecule has 3 aliphatic rings. The third-order valence-corrected chi connectivity index (χ3v) is 10.5. The molecule has 2 saturated heterocycles. The largest absolute Gasteiger partial charge is 0.375 e. The van der Waals surface area contributed by atoms with Gasteiger partial charge < -0.3 is 9.72 Å². The molecule has 0 spiro atoms. The van der Waals surface area contributed by atoms with Crippen LogP contribution in [0.4, 0.5) is 4.39 Å². The number of aromatic nitrogens is 4. The molecule has 0 radical (unpaired) electrons. The maximum atomic E-state index is 14.7. The molecule has 3 atom stereocenters. The summed E-state index contributed by atoms with van der Waals surface area (Å²) in [5, 5.41) is 5.83. The second-order valence-corrected chi connectivity index (χ2v) is 12.8. The number of halogens is 1. The van der Waals surface area contributed by atoms with E-state index in [0.717, 1.165) is 18.6 Å². The first kappa shape index (κ1) is 22.9. The second kappa shape index (κ2) is 7.85. The number of alkyl halides is 1. The van der Waals surface area contributed by atoms with Crippen molar-refractivity contribution in [2.24, 2.45) is 5.92 Å². The Morgan fingerprint density at radius 2 is 2.00 bits per heavy atom. The summed E-state index contributed by atoms with van der Waals surface area (Å²) in [6, 6.07) is 0.508. The lowest BCUT2D eigenvalue weighted by molar-refractivity contribution is -0.143. The predicted molar refractivity (Wildman–Crippen MR) is 142 cm³/mol. The maximum Gasteiger partial charge on any atom is 0.169 e. The van der Waals surface area contributed by atoms with Crippen molar-refractivity contribution in [3.8, 4) is 11.3 Å². The summed E-state index contributed by atoms with van der Waals surface area (Å²) < 4.78 is 21.8. The quantitative estimate of drug-likeness (QED) is 0.365. The van der Waals surface area contributed by atoms with Crippen molar-refractivity contribution in [2.45, 2.75) is 71.0 Å². The smallest absolute Gasteiger partial charge is 0.169 e. The van der Waals surface area contributed by atoms with Crippen molar-refractivity contribution in [1.29, 1.82) is 0 Å². The lowest BCUT2D eigenvalue weighted by atomic mass is 9.88. The lowest BCUT2D eigenvalue weighted by Gasteiger charge is -2.40. The van der Waals surface area contributed by atoms with Gasteiger partial charge in [0.05, 0.1) is 18.9 Å². The summed E-state index contributed by atoms with van der Waals surface area (Å²) in [5.74, 6) is 1.61. The highest BCUT2D eigenvalue weighted by Crippen LogP contribution is 2.53. The van der Waals surface area contributed by atoms with Crippen LogP contribution in [0.5, 0.6) is 0 Å². The minimum atomic E-state index is -1.12. The zero-order valence-corrected chi connectivity index (χ0v) is 22.5. The van der Waals surface area contributed by atoms with E-state index < -0.39 is 5.67 Å². The molecular weight excluding hydrogens is 473 g/mol. The van der Waals surface area contributed by atoms with Crippen molar-refractivity contribution in [1.82, 2.24) is 24.5 Å². The summed E-state index contributed by atoms with van der Waals surface area (Å²) >= 11 is 1.95. The fourth-order valence-electron chi connectivity index (χ4n) is 7.19. The lowest BCUT2D eigenvalue weighted by Crippen LogP contribution is -2.55. The number of hydrogen-bond acceptors (Lipinski definition) is 5. The third-order valence-electron chi connectivity index (χ3n) is 9.13. The van der Waals surface area contributed by atoms with Gasteiger partial charge in [0.1, 0.15) is 11.2 Å². The maximum absolute atomic E-state index is 14.7. The number of pyridine rings is 1. The van der Waals surface area contributed by atoms with E-state index in [2.05, 4.69) is 60.8 Å². The van der Waals surface area contributed by atoms with Crippen molar-refractivity contribution in [2.75, 3.05) is 26.3 Å². The van der Waals surface area contributed by atoms with Crippen LogP contribution in [0.25, 0.3) is 27.1 Å². The molecule has 0 unspecified atom stereocenters. The first-order chi connectivity index (χ1) is 17.2. The van der Waals surface area contributed by atoms with Gasteiger partial charge in [0.2, 0.25) is 0 Å². The fraction of sp³-hybridized carbons (Fsp3) is 0.571. The first-order valence-corrected chi connectivity index (χ1v) is 14.0. The van der Waals surface area contributed by atoms with E-state index in [4.69, 9.17) is 4.74 Å². The van der Waals surface area contributed by atoms with Crippen LogP contribution in [-0.2, 0) is 4.74 Å². The molecule has 8 heteroatoms. The minimum Gasteiger partial charge on any atom is -0.375 e. The van der Waals surface area contributed by atoms with Gasteiger partial charge in [-0.05, 0) is 73.6 Å². The SMILES string of the molecule is Cc1c(-c2[nH]c3sc([C@@H]4C[C@@H]5C[C@H]4CN5CC4(F)COC4)c(C)c3c2C(C)C)cn2ncnc2c1C. The zero-order chi connectivity index (χ0) is 24.9. The van der Waals surface area contributed by atoms with E-state index in [0.29, 0.717) is 30.3 Å². The Labute approximate surface area is 214 Å². The van der Waals surface area contributed by atoms with Crippen LogP contribution >= 0.6 is 11.3 Å². The van der Waals surface area contributed by atoms with Gasteiger partial charge in [-0.15, -0.1) is 11.3 Å². The number of ether oxygens (including phenoxy) is 1. The molecule has 7 rings (SSSR count). The highest BCUT2D eigenvalue weighted by atomic mass is 32.1. The number of aromatic amines is 1. The standard InChI is InChI=1S/C28H34FN5OS/c1-14(2)22-23-17(5)25(20-7-19-6-18(20)8-33(19)10-28(29)11-35-12-28)36-27(23)32-24(22)21-9-34-26(30-13-31-34)16(4)15(21)3/h9,13-14,18-20,32H,6-8,10-12H2,1-5H3/t18-,19-,20+/m0/s1. The molecule has 4 aromatic heterocycles. The van der Waals surface area contributed by atoms with E-state index >= 15 is 0 Å². The van der Waals surface area contributed by atoms with Gasteiger partial charge >= 0.3 is 0 Å². The van der Waals surface area contributed by atoms with Gasteiger partial charge in [-0.2, -0.15) is 5.10 Å². The Morgan fingerprint density at radius 1 is 1.19 bits per heavy atom.